The first-order chi connectivity index (χ1) is 12.9. The molecule has 1 aliphatic heterocycles. The van der Waals surface area contributed by atoms with Gasteiger partial charge in [0.15, 0.2) is 11.5 Å². The Morgan fingerprint density at radius 2 is 1.85 bits per heavy atom. The van der Waals surface area contributed by atoms with E-state index in [1.165, 1.54) is 0 Å². The molecule has 0 bridgehead atoms. The maximum Gasteiger partial charge on any atom is 0.269 e. The molecule has 0 atom stereocenters. The molecule has 0 saturated carbocycles. The maximum atomic E-state index is 12.2. The molecule has 2 amide bonds. The number of nitrogens with one attached hydrogen (secondary N) is 2. The lowest BCUT2D eigenvalue weighted by molar-refractivity contribution is -0.121. The molecule has 3 rings (SSSR count). The minimum absolute atomic E-state index is 0.0452. The standard InChI is InChI=1S/C20H21ClN2O4/c1-12-4-5-15(13(2)8-12)20(25)23-22-18(24)11-14-9-16(21)19-17(10-14)26-6-3-7-27-19/h4-5,8-10H,3,6-7,11H2,1-2H3,(H,22,24)(H,23,25). The van der Waals surface area contributed by atoms with Gasteiger partial charge in [0.05, 0.1) is 24.7 Å². The van der Waals surface area contributed by atoms with E-state index < -0.39 is 0 Å². The Balaban J connectivity index is 1.62. The molecule has 0 fully saturated rings. The molecule has 1 aliphatic rings. The summed E-state index contributed by atoms with van der Waals surface area (Å²) in [6.07, 6.45) is 0.814. The highest BCUT2D eigenvalue weighted by Gasteiger charge is 2.17. The Morgan fingerprint density at radius 3 is 2.63 bits per heavy atom. The quantitative estimate of drug-likeness (QED) is 0.792. The predicted molar refractivity (Wildman–Crippen MR) is 102 cm³/mol. The Hall–Kier alpha value is -2.73. The highest BCUT2D eigenvalue weighted by Crippen LogP contribution is 2.38. The Kier molecular flexibility index (Phi) is 5.86. The van der Waals surface area contributed by atoms with E-state index in [0.29, 0.717) is 40.9 Å². The van der Waals surface area contributed by atoms with Crippen LogP contribution >= 0.6 is 11.6 Å². The fourth-order valence-corrected chi connectivity index (χ4v) is 3.17. The number of hydrogen-bond donors (Lipinski definition) is 2. The number of amides is 2. The third-order valence-corrected chi connectivity index (χ3v) is 4.45. The van der Waals surface area contributed by atoms with E-state index in [1.54, 1.807) is 18.2 Å². The molecule has 0 unspecified atom stereocenters. The summed E-state index contributed by atoms with van der Waals surface area (Å²) in [5.41, 5.74) is 7.96. The predicted octanol–water partition coefficient (Wildman–Crippen LogP) is 3.12. The van der Waals surface area contributed by atoms with E-state index >= 15 is 0 Å². The minimum Gasteiger partial charge on any atom is -0.489 e. The minimum atomic E-state index is -0.363. The number of halogens is 1. The number of hydrogen-bond acceptors (Lipinski definition) is 4. The number of ether oxygens (including phenoxy) is 2. The molecule has 6 nitrogen and oxygen atoms in total. The van der Waals surface area contributed by atoms with Gasteiger partial charge in [0.2, 0.25) is 5.91 Å². The van der Waals surface area contributed by atoms with Crippen LogP contribution in [0.3, 0.4) is 0 Å². The molecule has 0 saturated heterocycles. The van der Waals surface area contributed by atoms with Crippen molar-refractivity contribution in [1.29, 1.82) is 0 Å². The van der Waals surface area contributed by atoms with Crippen LogP contribution < -0.4 is 20.3 Å². The molecule has 2 aromatic rings. The third kappa shape index (κ3) is 4.71. The lowest BCUT2D eigenvalue weighted by atomic mass is 10.1. The van der Waals surface area contributed by atoms with Gasteiger partial charge in [-0.2, -0.15) is 0 Å². The van der Waals surface area contributed by atoms with Gasteiger partial charge >= 0.3 is 0 Å². The van der Waals surface area contributed by atoms with Crippen LogP contribution in [0.15, 0.2) is 30.3 Å². The van der Waals surface area contributed by atoms with Gasteiger partial charge in [0.1, 0.15) is 0 Å². The van der Waals surface area contributed by atoms with E-state index in [-0.39, 0.29) is 18.2 Å². The van der Waals surface area contributed by atoms with Crippen molar-refractivity contribution in [3.05, 3.63) is 57.6 Å². The zero-order valence-electron chi connectivity index (χ0n) is 15.2. The molecular formula is C20H21ClN2O4. The molecule has 7 heteroatoms. The molecule has 142 valence electrons. The van der Waals surface area contributed by atoms with Gasteiger partial charge < -0.3 is 9.47 Å². The Morgan fingerprint density at radius 1 is 1.07 bits per heavy atom. The van der Waals surface area contributed by atoms with E-state index in [1.807, 2.05) is 26.0 Å². The molecule has 0 spiro atoms. The van der Waals surface area contributed by atoms with Crippen LogP contribution in [-0.4, -0.2) is 25.0 Å². The van der Waals surface area contributed by atoms with Gasteiger partial charge in [-0.3, -0.25) is 20.4 Å². The van der Waals surface area contributed by atoms with Crippen molar-refractivity contribution in [2.24, 2.45) is 0 Å². The molecule has 0 aliphatic carbocycles. The van der Waals surface area contributed by atoms with Crippen molar-refractivity contribution in [1.82, 2.24) is 10.9 Å². The van der Waals surface area contributed by atoms with Crippen molar-refractivity contribution in [3.8, 4) is 11.5 Å². The van der Waals surface area contributed by atoms with Gasteiger partial charge in [-0.05, 0) is 43.2 Å². The molecule has 2 N–H and O–H groups in total. The second kappa shape index (κ2) is 8.31. The van der Waals surface area contributed by atoms with Gasteiger partial charge in [0, 0.05) is 12.0 Å². The van der Waals surface area contributed by atoms with Crippen molar-refractivity contribution in [3.63, 3.8) is 0 Å². The van der Waals surface area contributed by atoms with Gasteiger partial charge in [-0.25, -0.2) is 0 Å². The first kappa shape index (κ1) is 19.0. The Bertz CT molecular complexity index is 883. The van der Waals surface area contributed by atoms with E-state index in [4.69, 9.17) is 21.1 Å². The number of fused-ring (bicyclic) bond motifs is 1. The molecule has 0 aromatic heterocycles. The van der Waals surface area contributed by atoms with Crippen molar-refractivity contribution in [2.45, 2.75) is 26.7 Å². The highest BCUT2D eigenvalue weighted by atomic mass is 35.5. The van der Waals surface area contributed by atoms with Crippen LogP contribution in [0.4, 0.5) is 0 Å². The molecular weight excluding hydrogens is 368 g/mol. The van der Waals surface area contributed by atoms with Crippen LogP contribution in [0.25, 0.3) is 0 Å². The topological polar surface area (TPSA) is 76.7 Å². The first-order valence-electron chi connectivity index (χ1n) is 8.68. The van der Waals surface area contributed by atoms with Crippen molar-refractivity contribution >= 4 is 23.4 Å². The van der Waals surface area contributed by atoms with Gasteiger partial charge in [-0.15, -0.1) is 0 Å². The summed E-state index contributed by atoms with van der Waals surface area (Å²) in [4.78, 5) is 24.4. The SMILES string of the molecule is Cc1ccc(C(=O)NNC(=O)Cc2cc(Cl)c3c(c2)OCCCO3)c(C)c1. The maximum absolute atomic E-state index is 12.2. The average molecular weight is 389 g/mol. The normalized spacial score (nSPS) is 12.9. The molecule has 0 radical (unpaired) electrons. The summed E-state index contributed by atoms with van der Waals surface area (Å²) >= 11 is 6.23. The summed E-state index contributed by atoms with van der Waals surface area (Å²) in [5, 5.41) is 0.400. The van der Waals surface area contributed by atoms with Crippen LogP contribution in [0.1, 0.15) is 33.5 Å². The summed E-state index contributed by atoms with van der Waals surface area (Å²) in [6, 6.07) is 8.90. The fourth-order valence-electron chi connectivity index (χ4n) is 2.88. The summed E-state index contributed by atoms with van der Waals surface area (Å²) in [7, 11) is 0. The number of hydrazine groups is 1. The number of benzene rings is 2. The number of rotatable bonds is 3. The van der Waals surface area contributed by atoms with E-state index in [2.05, 4.69) is 10.9 Å². The lowest BCUT2D eigenvalue weighted by Crippen LogP contribution is -2.42. The monoisotopic (exact) mass is 388 g/mol. The highest BCUT2D eigenvalue weighted by molar-refractivity contribution is 6.32. The zero-order chi connectivity index (χ0) is 19.4. The van der Waals surface area contributed by atoms with Gasteiger partial charge in [0.25, 0.3) is 5.91 Å². The number of carbonyl (C=O) groups excluding carboxylic acids is 2. The van der Waals surface area contributed by atoms with Crippen LogP contribution in [-0.2, 0) is 11.2 Å². The number of carbonyl (C=O) groups is 2. The largest absolute Gasteiger partial charge is 0.489 e. The zero-order valence-corrected chi connectivity index (χ0v) is 16.0. The van der Waals surface area contributed by atoms with Crippen LogP contribution in [0.5, 0.6) is 11.5 Å². The molecule has 2 aromatic carbocycles. The fraction of sp³-hybridized carbons (Fsp3) is 0.300. The van der Waals surface area contributed by atoms with Crippen molar-refractivity contribution < 1.29 is 19.1 Å². The lowest BCUT2D eigenvalue weighted by Gasteiger charge is -2.12. The second-order valence-corrected chi connectivity index (χ2v) is 6.86. The summed E-state index contributed by atoms with van der Waals surface area (Å²) < 4.78 is 11.2. The Labute approximate surface area is 162 Å². The van der Waals surface area contributed by atoms with Crippen LogP contribution in [0.2, 0.25) is 5.02 Å². The van der Waals surface area contributed by atoms with Crippen LogP contribution in [0, 0.1) is 13.8 Å². The third-order valence-electron chi connectivity index (χ3n) is 4.17. The summed E-state index contributed by atoms with van der Waals surface area (Å²) in [6.45, 7) is 4.88. The molecule has 27 heavy (non-hydrogen) atoms. The summed E-state index contributed by atoms with van der Waals surface area (Å²) in [5.74, 6) is 0.305. The average Bonchev–Trinajstić information content (AvgIpc) is 2.85. The van der Waals surface area contributed by atoms with E-state index in [9.17, 15) is 9.59 Å². The molecule has 1 heterocycles. The van der Waals surface area contributed by atoms with Gasteiger partial charge in [-0.1, -0.05) is 29.3 Å². The van der Waals surface area contributed by atoms with Crippen molar-refractivity contribution in [2.75, 3.05) is 13.2 Å². The van der Waals surface area contributed by atoms with E-state index in [0.717, 1.165) is 17.5 Å². The number of aryl methyl sites for hydroxylation is 2. The first-order valence-corrected chi connectivity index (χ1v) is 9.06. The smallest absolute Gasteiger partial charge is 0.269 e. The second-order valence-electron chi connectivity index (χ2n) is 6.45.